The number of hydrogen-bond acceptors (Lipinski definition) is 3. The van der Waals surface area contributed by atoms with Gasteiger partial charge in [-0.3, -0.25) is 4.79 Å². The van der Waals surface area contributed by atoms with Crippen molar-refractivity contribution in [2.75, 3.05) is 13.7 Å². The monoisotopic (exact) mass is 221 g/mol. The third-order valence-electron chi connectivity index (χ3n) is 2.62. The molecule has 88 valence electrons. The van der Waals surface area contributed by atoms with Crippen molar-refractivity contribution in [2.45, 2.75) is 38.2 Å². The van der Waals surface area contributed by atoms with E-state index in [0.717, 1.165) is 0 Å². The summed E-state index contributed by atoms with van der Waals surface area (Å²) in [5.41, 5.74) is 0. The van der Waals surface area contributed by atoms with Crippen LogP contribution in [0.4, 0.5) is 8.78 Å². The Morgan fingerprint density at radius 3 is 2.80 bits per heavy atom. The van der Waals surface area contributed by atoms with Gasteiger partial charge in [0.25, 0.3) is 5.92 Å². The van der Waals surface area contributed by atoms with Crippen molar-refractivity contribution in [1.29, 1.82) is 0 Å². The third kappa shape index (κ3) is 4.11. The molecule has 5 heteroatoms. The highest BCUT2D eigenvalue weighted by Crippen LogP contribution is 2.28. The average molecular weight is 221 g/mol. The first-order chi connectivity index (χ1) is 6.93. The van der Waals surface area contributed by atoms with Gasteiger partial charge in [0.15, 0.2) is 0 Å². The van der Waals surface area contributed by atoms with Crippen LogP contribution in [0.1, 0.15) is 26.2 Å². The summed E-state index contributed by atoms with van der Waals surface area (Å²) < 4.78 is 30.2. The van der Waals surface area contributed by atoms with Gasteiger partial charge in [0.05, 0.1) is 13.7 Å². The first-order valence-electron chi connectivity index (χ1n) is 5.11. The van der Waals surface area contributed by atoms with E-state index in [4.69, 9.17) is 0 Å². The summed E-state index contributed by atoms with van der Waals surface area (Å²) in [6, 6.07) is -0.181. The maximum absolute atomic E-state index is 12.8. The van der Waals surface area contributed by atoms with Crippen LogP contribution < -0.4 is 5.32 Å². The van der Waals surface area contributed by atoms with E-state index in [1.807, 2.05) is 6.92 Å². The molecular weight excluding hydrogens is 204 g/mol. The van der Waals surface area contributed by atoms with Crippen LogP contribution in [-0.4, -0.2) is 31.6 Å². The van der Waals surface area contributed by atoms with Gasteiger partial charge in [0, 0.05) is 18.9 Å². The molecule has 0 spiro atoms. The third-order valence-corrected chi connectivity index (χ3v) is 2.62. The van der Waals surface area contributed by atoms with E-state index in [9.17, 15) is 13.6 Å². The van der Waals surface area contributed by atoms with Crippen molar-refractivity contribution in [3.8, 4) is 0 Å². The summed E-state index contributed by atoms with van der Waals surface area (Å²) in [4.78, 5) is 10.9. The van der Waals surface area contributed by atoms with E-state index in [2.05, 4.69) is 10.1 Å². The van der Waals surface area contributed by atoms with Gasteiger partial charge in [-0.2, -0.15) is 0 Å². The molecule has 15 heavy (non-hydrogen) atoms. The number of carbonyl (C=O) groups is 1. The van der Waals surface area contributed by atoms with Gasteiger partial charge in [0.1, 0.15) is 0 Å². The minimum atomic E-state index is -2.59. The molecule has 0 saturated carbocycles. The molecule has 1 aliphatic heterocycles. The first-order valence-corrected chi connectivity index (χ1v) is 5.11. The van der Waals surface area contributed by atoms with Crippen LogP contribution in [0.25, 0.3) is 0 Å². The molecule has 1 saturated heterocycles. The molecule has 0 aromatic rings. The molecule has 1 N–H and O–H groups in total. The highest BCUT2D eigenvalue weighted by Gasteiger charge is 2.39. The van der Waals surface area contributed by atoms with Crippen LogP contribution >= 0.6 is 0 Å². The van der Waals surface area contributed by atoms with Crippen molar-refractivity contribution in [2.24, 2.45) is 5.92 Å². The molecule has 1 heterocycles. The van der Waals surface area contributed by atoms with Crippen LogP contribution in [0.3, 0.4) is 0 Å². The smallest absolute Gasteiger partial charge is 0.305 e. The van der Waals surface area contributed by atoms with Gasteiger partial charge in [-0.25, -0.2) is 8.78 Å². The number of nitrogens with one attached hydrogen (secondary N) is 1. The lowest BCUT2D eigenvalue weighted by Gasteiger charge is -2.15. The molecule has 0 radical (unpaired) electrons. The molecule has 1 fully saturated rings. The number of alkyl halides is 2. The molecular formula is C10H17F2NO2. The van der Waals surface area contributed by atoms with E-state index in [1.165, 1.54) is 7.11 Å². The molecule has 0 aromatic carbocycles. The Balaban J connectivity index is 2.27. The average Bonchev–Trinajstić information content (AvgIpc) is 2.44. The Morgan fingerprint density at radius 1 is 1.67 bits per heavy atom. The first kappa shape index (κ1) is 12.4. The Hall–Kier alpha value is -0.710. The van der Waals surface area contributed by atoms with E-state index in [-0.39, 0.29) is 30.9 Å². The zero-order valence-corrected chi connectivity index (χ0v) is 9.06. The van der Waals surface area contributed by atoms with Crippen LogP contribution in [0.5, 0.6) is 0 Å². The summed E-state index contributed by atoms with van der Waals surface area (Å²) >= 11 is 0. The lowest BCUT2D eigenvalue weighted by Crippen LogP contribution is -2.25. The molecule has 0 amide bonds. The lowest BCUT2D eigenvalue weighted by molar-refractivity contribution is -0.141. The van der Waals surface area contributed by atoms with Crippen molar-refractivity contribution >= 4 is 5.97 Å². The largest absolute Gasteiger partial charge is 0.469 e. The summed E-state index contributed by atoms with van der Waals surface area (Å²) in [7, 11) is 1.33. The van der Waals surface area contributed by atoms with Crippen LogP contribution in [0.15, 0.2) is 0 Å². The molecule has 0 aromatic heterocycles. The van der Waals surface area contributed by atoms with Gasteiger partial charge < -0.3 is 10.1 Å². The lowest BCUT2D eigenvalue weighted by atomic mass is 9.97. The molecule has 0 aliphatic carbocycles. The molecule has 1 rings (SSSR count). The fourth-order valence-corrected chi connectivity index (χ4v) is 1.90. The summed E-state index contributed by atoms with van der Waals surface area (Å²) in [5.74, 6) is -2.80. The topological polar surface area (TPSA) is 38.3 Å². The number of ether oxygens (including phenoxy) is 1. The second-order valence-electron chi connectivity index (χ2n) is 4.26. The van der Waals surface area contributed by atoms with E-state index < -0.39 is 5.92 Å². The van der Waals surface area contributed by atoms with Crippen molar-refractivity contribution < 1.29 is 18.3 Å². The highest BCUT2D eigenvalue weighted by atomic mass is 19.3. The van der Waals surface area contributed by atoms with E-state index >= 15 is 0 Å². The minimum absolute atomic E-state index is 0.0730. The van der Waals surface area contributed by atoms with Crippen molar-refractivity contribution in [3.63, 3.8) is 0 Å². The minimum Gasteiger partial charge on any atom is -0.469 e. The Morgan fingerprint density at radius 2 is 2.33 bits per heavy atom. The SMILES string of the molecule is COC(=O)CC(C)CC1CC(F)(F)CN1. The molecule has 3 nitrogen and oxygen atoms in total. The van der Waals surface area contributed by atoms with Crippen LogP contribution in [0.2, 0.25) is 0 Å². The Labute approximate surface area is 88.2 Å². The second-order valence-corrected chi connectivity index (χ2v) is 4.26. The second kappa shape index (κ2) is 4.88. The zero-order valence-electron chi connectivity index (χ0n) is 9.06. The normalized spacial score (nSPS) is 26.3. The predicted octanol–water partition coefficient (Wildman–Crippen LogP) is 1.57. The van der Waals surface area contributed by atoms with Crippen molar-refractivity contribution in [1.82, 2.24) is 5.32 Å². The van der Waals surface area contributed by atoms with Gasteiger partial charge in [-0.05, 0) is 12.3 Å². The number of hydrogen-bond donors (Lipinski definition) is 1. The standard InChI is InChI=1S/C10H17F2NO2/c1-7(4-9(14)15-2)3-8-5-10(11,12)6-13-8/h7-8,13H,3-6H2,1-2H3. The van der Waals surface area contributed by atoms with Crippen molar-refractivity contribution in [3.05, 3.63) is 0 Å². The quantitative estimate of drug-likeness (QED) is 0.732. The van der Waals surface area contributed by atoms with Crippen LogP contribution in [-0.2, 0) is 9.53 Å². The molecule has 2 unspecified atom stereocenters. The maximum Gasteiger partial charge on any atom is 0.305 e. The van der Waals surface area contributed by atoms with Gasteiger partial charge in [-0.1, -0.05) is 6.92 Å². The number of halogens is 2. The fourth-order valence-electron chi connectivity index (χ4n) is 1.90. The van der Waals surface area contributed by atoms with Gasteiger partial charge >= 0.3 is 5.97 Å². The number of carbonyl (C=O) groups excluding carboxylic acids is 1. The summed E-state index contributed by atoms with van der Waals surface area (Å²) in [6.45, 7) is 1.62. The number of methoxy groups -OCH3 is 1. The number of esters is 1. The molecule has 0 bridgehead atoms. The van der Waals surface area contributed by atoms with Gasteiger partial charge in [0.2, 0.25) is 0 Å². The zero-order chi connectivity index (χ0) is 11.5. The predicted molar refractivity (Wildman–Crippen MR) is 51.8 cm³/mol. The highest BCUT2D eigenvalue weighted by molar-refractivity contribution is 5.69. The van der Waals surface area contributed by atoms with E-state index in [1.54, 1.807) is 0 Å². The Kier molecular flexibility index (Phi) is 4.02. The molecule has 2 atom stereocenters. The number of rotatable bonds is 4. The summed E-state index contributed by atoms with van der Waals surface area (Å²) in [6.07, 6.45) is 0.753. The van der Waals surface area contributed by atoms with Gasteiger partial charge in [-0.15, -0.1) is 0 Å². The fraction of sp³-hybridized carbons (Fsp3) is 0.900. The van der Waals surface area contributed by atoms with Crippen LogP contribution in [0, 0.1) is 5.92 Å². The van der Waals surface area contributed by atoms with E-state index in [0.29, 0.717) is 12.8 Å². The Bertz CT molecular complexity index is 233. The maximum atomic E-state index is 12.8. The molecule has 1 aliphatic rings. The summed E-state index contributed by atoms with van der Waals surface area (Å²) in [5, 5.41) is 2.77.